The number of fused-ring (bicyclic) bond motifs is 2. The molecule has 2 N–H and O–H groups in total. The van der Waals surface area contributed by atoms with Crippen molar-refractivity contribution in [2.45, 2.75) is 23.1 Å². The first kappa shape index (κ1) is 26.5. The maximum Gasteiger partial charge on any atom is 0.305 e. The van der Waals surface area contributed by atoms with Gasteiger partial charge in [-0.2, -0.15) is 0 Å². The largest absolute Gasteiger partial charge is 0.483 e. The van der Waals surface area contributed by atoms with Crippen LogP contribution < -0.4 is 19.8 Å². The Labute approximate surface area is 245 Å². The van der Waals surface area contributed by atoms with Crippen LogP contribution >= 0.6 is 39.0 Å². The zero-order chi connectivity index (χ0) is 28.0. The second-order valence-corrected chi connectivity index (χ2v) is 12.5. The van der Waals surface area contributed by atoms with E-state index in [2.05, 4.69) is 26.2 Å². The molecule has 0 bridgehead atoms. The topological polar surface area (TPSA) is 109 Å². The van der Waals surface area contributed by atoms with E-state index in [1.54, 1.807) is 36.4 Å². The number of thiazole rings is 1. The van der Waals surface area contributed by atoms with Gasteiger partial charge >= 0.3 is 4.87 Å². The van der Waals surface area contributed by atoms with E-state index in [9.17, 15) is 19.2 Å². The van der Waals surface area contributed by atoms with Crippen molar-refractivity contribution in [1.82, 2.24) is 4.98 Å². The van der Waals surface area contributed by atoms with E-state index < -0.39 is 17.1 Å². The third-order valence-electron chi connectivity index (χ3n) is 6.94. The van der Waals surface area contributed by atoms with E-state index in [1.165, 1.54) is 16.7 Å². The van der Waals surface area contributed by atoms with E-state index in [4.69, 9.17) is 4.74 Å². The number of carbonyl (C=O) groups excluding carboxylic acids is 3. The Morgan fingerprint density at radius 2 is 1.73 bits per heavy atom. The zero-order valence-corrected chi connectivity index (χ0v) is 24.3. The van der Waals surface area contributed by atoms with Crippen molar-refractivity contribution >= 4 is 68.1 Å². The number of amides is 3. The van der Waals surface area contributed by atoms with Gasteiger partial charge in [0.15, 0.2) is 6.61 Å². The van der Waals surface area contributed by atoms with Crippen LogP contribution in [-0.2, 0) is 14.4 Å². The third kappa shape index (κ3) is 4.78. The third-order valence-corrected chi connectivity index (χ3v) is 9.87. The quantitative estimate of drug-likeness (QED) is 0.278. The number of para-hydroxylation sites is 2. The highest BCUT2D eigenvalue weighted by Gasteiger charge is 2.56. The number of rotatable bonds is 6. The number of benzene rings is 3. The summed E-state index contributed by atoms with van der Waals surface area (Å²) < 4.78 is 6.83. The number of ether oxygens (including phenoxy) is 1. The number of thioether (sulfide) groups is 1. The molecular formula is C29H22BrN3O5S2. The van der Waals surface area contributed by atoms with Gasteiger partial charge in [-0.1, -0.05) is 75.4 Å². The molecule has 1 fully saturated rings. The van der Waals surface area contributed by atoms with Crippen LogP contribution in [0.3, 0.4) is 0 Å². The van der Waals surface area contributed by atoms with Gasteiger partial charge in [0.2, 0.25) is 11.8 Å². The molecule has 0 aliphatic carbocycles. The van der Waals surface area contributed by atoms with Gasteiger partial charge in [-0.3, -0.25) is 19.2 Å². The normalized spacial score (nSPS) is 19.8. The summed E-state index contributed by atoms with van der Waals surface area (Å²) in [5.41, 5.74) is 2.75. The maximum absolute atomic E-state index is 13.9. The summed E-state index contributed by atoms with van der Waals surface area (Å²) >= 11 is 5.64. The lowest BCUT2D eigenvalue weighted by molar-refractivity contribution is -0.122. The lowest BCUT2D eigenvalue weighted by Crippen LogP contribution is -2.32. The van der Waals surface area contributed by atoms with Crippen LogP contribution in [-0.4, -0.2) is 34.6 Å². The first-order valence-electron chi connectivity index (χ1n) is 12.4. The molecule has 1 aromatic heterocycles. The minimum atomic E-state index is -0.759. The Morgan fingerprint density at radius 1 is 1.00 bits per heavy atom. The minimum Gasteiger partial charge on any atom is -0.483 e. The highest BCUT2D eigenvalue weighted by atomic mass is 79.9. The van der Waals surface area contributed by atoms with Gasteiger partial charge in [0.25, 0.3) is 5.91 Å². The predicted molar refractivity (Wildman–Crippen MR) is 158 cm³/mol. The molecule has 0 radical (unpaired) electrons. The average Bonchev–Trinajstić information content (AvgIpc) is 3.44. The van der Waals surface area contributed by atoms with E-state index in [0.29, 0.717) is 32.6 Å². The number of hydrogen-bond donors (Lipinski definition) is 2. The van der Waals surface area contributed by atoms with Gasteiger partial charge in [-0.05, 0) is 48.9 Å². The van der Waals surface area contributed by atoms with Crippen molar-refractivity contribution in [3.63, 3.8) is 0 Å². The van der Waals surface area contributed by atoms with Gasteiger partial charge in [0, 0.05) is 26.5 Å². The van der Waals surface area contributed by atoms with Gasteiger partial charge in [-0.15, -0.1) is 0 Å². The summed E-state index contributed by atoms with van der Waals surface area (Å²) in [5.74, 6) is -1.97. The number of halogens is 1. The number of aromatic nitrogens is 1. The fourth-order valence-corrected chi connectivity index (χ4v) is 7.88. The van der Waals surface area contributed by atoms with Crippen LogP contribution in [0.4, 0.5) is 11.4 Å². The van der Waals surface area contributed by atoms with Crippen molar-refractivity contribution in [3.05, 3.63) is 103 Å². The standard InChI is InChI=1S/C29H22BrN3O5S2/c1-15-6-2-4-8-19(15)31-21(34)14-38-20-9-5-3-7-18(20)22-23-25(39-26-24(22)40-29(37)32-26)28(36)33(27(23)35)17-12-10-16(30)11-13-17/h2-13,22-23,25H,14H2,1H3,(H,31,34)(H,32,37). The molecule has 0 saturated carbocycles. The number of aryl methyl sites for hydroxylation is 1. The first-order chi connectivity index (χ1) is 19.3. The van der Waals surface area contributed by atoms with Crippen LogP contribution in [0.2, 0.25) is 0 Å². The average molecular weight is 637 g/mol. The number of H-pyrrole nitrogens is 1. The second kappa shape index (κ2) is 10.7. The summed E-state index contributed by atoms with van der Waals surface area (Å²) in [6.07, 6.45) is 0. The minimum absolute atomic E-state index is 0.255. The second-order valence-electron chi connectivity index (χ2n) is 9.43. The summed E-state index contributed by atoms with van der Waals surface area (Å²) in [5, 5.41) is 2.71. The molecule has 3 amide bonds. The van der Waals surface area contributed by atoms with Gasteiger partial charge in [0.1, 0.15) is 11.0 Å². The van der Waals surface area contributed by atoms with Gasteiger partial charge < -0.3 is 15.0 Å². The van der Waals surface area contributed by atoms with Crippen LogP contribution in [0.5, 0.6) is 5.75 Å². The molecule has 40 heavy (non-hydrogen) atoms. The van der Waals surface area contributed by atoms with E-state index in [0.717, 1.165) is 21.4 Å². The molecule has 4 aromatic rings. The summed E-state index contributed by atoms with van der Waals surface area (Å²) in [6, 6.07) is 21.6. The molecule has 3 aromatic carbocycles. The lowest BCUT2D eigenvalue weighted by Gasteiger charge is -2.30. The molecule has 3 atom stereocenters. The Morgan fingerprint density at radius 3 is 2.50 bits per heavy atom. The summed E-state index contributed by atoms with van der Waals surface area (Å²) in [4.78, 5) is 57.2. The number of carbonyl (C=O) groups is 3. The molecule has 8 nitrogen and oxygen atoms in total. The van der Waals surface area contributed by atoms with Crippen molar-refractivity contribution < 1.29 is 19.1 Å². The Bertz CT molecular complexity index is 1700. The molecule has 2 aliphatic heterocycles. The molecule has 0 spiro atoms. The van der Waals surface area contributed by atoms with Crippen molar-refractivity contribution in [2.75, 3.05) is 16.8 Å². The fraction of sp³-hybridized carbons (Fsp3) is 0.172. The molecule has 6 rings (SSSR count). The first-order valence-corrected chi connectivity index (χ1v) is 14.9. The van der Waals surface area contributed by atoms with E-state index >= 15 is 0 Å². The van der Waals surface area contributed by atoms with E-state index in [1.807, 2.05) is 43.3 Å². The maximum atomic E-state index is 13.9. The Balaban J connectivity index is 1.34. The Kier molecular flexibility index (Phi) is 7.11. The molecular weight excluding hydrogens is 614 g/mol. The highest BCUT2D eigenvalue weighted by molar-refractivity contribution is 9.10. The number of nitrogens with zero attached hydrogens (tertiary/aromatic N) is 1. The van der Waals surface area contributed by atoms with Gasteiger partial charge in [0.05, 0.1) is 16.6 Å². The number of nitrogens with one attached hydrogen (secondary N) is 2. The smallest absolute Gasteiger partial charge is 0.305 e. The zero-order valence-electron chi connectivity index (χ0n) is 21.1. The van der Waals surface area contributed by atoms with E-state index in [-0.39, 0.29) is 29.2 Å². The Hall–Kier alpha value is -3.67. The number of aromatic amines is 1. The summed E-state index contributed by atoms with van der Waals surface area (Å²) in [7, 11) is 0. The van der Waals surface area contributed by atoms with Gasteiger partial charge in [-0.25, -0.2) is 4.90 Å². The number of imide groups is 1. The molecule has 3 heterocycles. The number of hydrogen-bond acceptors (Lipinski definition) is 7. The van der Waals surface area contributed by atoms with Crippen molar-refractivity contribution in [3.8, 4) is 5.75 Å². The van der Waals surface area contributed by atoms with Crippen molar-refractivity contribution in [2.24, 2.45) is 5.92 Å². The molecule has 3 unspecified atom stereocenters. The molecule has 2 aliphatic rings. The fourth-order valence-electron chi connectivity index (χ4n) is 5.11. The predicted octanol–water partition coefficient (Wildman–Crippen LogP) is 5.32. The molecule has 11 heteroatoms. The highest BCUT2D eigenvalue weighted by Crippen LogP contribution is 2.54. The lowest BCUT2D eigenvalue weighted by atomic mass is 9.82. The van der Waals surface area contributed by atoms with Crippen LogP contribution in [0.1, 0.15) is 21.9 Å². The molecule has 202 valence electrons. The summed E-state index contributed by atoms with van der Waals surface area (Å²) in [6.45, 7) is 1.65. The SMILES string of the molecule is Cc1ccccc1NC(=O)COc1ccccc1C1c2sc(=O)[nH]c2SC2C(=O)N(c3ccc(Br)cc3)C(=O)C21. The van der Waals surface area contributed by atoms with Crippen LogP contribution in [0.15, 0.2) is 87.1 Å². The van der Waals surface area contributed by atoms with Crippen LogP contribution in [0.25, 0.3) is 0 Å². The molecule has 1 saturated heterocycles. The monoisotopic (exact) mass is 635 g/mol. The van der Waals surface area contributed by atoms with Crippen LogP contribution in [0, 0.1) is 12.8 Å². The van der Waals surface area contributed by atoms with Crippen molar-refractivity contribution in [1.29, 1.82) is 0 Å². The number of anilines is 2.